The Labute approximate surface area is 140 Å². The fourth-order valence-corrected chi connectivity index (χ4v) is 1.95. The first-order valence-electron chi connectivity index (χ1n) is 8.49. The van der Waals surface area contributed by atoms with Gasteiger partial charge in [-0.25, -0.2) is 15.0 Å². The van der Waals surface area contributed by atoms with Gasteiger partial charge in [0, 0.05) is 18.1 Å². The number of fused-ring (bicyclic) bond motifs is 1. The molecule has 0 bridgehead atoms. The summed E-state index contributed by atoms with van der Waals surface area (Å²) in [5.74, 6) is 0.723. The number of rotatable bonds is 1. The summed E-state index contributed by atoms with van der Waals surface area (Å²) in [6, 6.07) is 7.82. The van der Waals surface area contributed by atoms with Crippen LogP contribution in [-0.2, 0) is 0 Å². The summed E-state index contributed by atoms with van der Waals surface area (Å²) in [7, 11) is 0. The molecule has 0 amide bonds. The lowest BCUT2D eigenvalue weighted by Gasteiger charge is -2.02. The Kier molecular flexibility index (Phi) is 10.3. The van der Waals surface area contributed by atoms with Crippen molar-refractivity contribution < 1.29 is 0 Å². The minimum absolute atomic E-state index is 0.723. The molecule has 0 saturated carbocycles. The lowest BCUT2D eigenvalue weighted by Crippen LogP contribution is -1.95. The Hall–Kier alpha value is -2.23. The molecule has 0 atom stereocenters. The smallest absolute Gasteiger partial charge is 0.178 e. The number of imidazole rings is 1. The van der Waals surface area contributed by atoms with Gasteiger partial charge in [0.15, 0.2) is 5.82 Å². The minimum atomic E-state index is 0.723. The van der Waals surface area contributed by atoms with Gasteiger partial charge in [0.1, 0.15) is 11.3 Å². The van der Waals surface area contributed by atoms with Crippen molar-refractivity contribution in [3.05, 3.63) is 48.0 Å². The molecule has 3 rings (SSSR count). The van der Waals surface area contributed by atoms with Crippen LogP contribution in [0.15, 0.2) is 36.7 Å². The molecular formula is C19H30N4. The number of pyridine rings is 1. The van der Waals surface area contributed by atoms with Crippen LogP contribution < -0.4 is 0 Å². The molecule has 0 aliphatic carbocycles. The van der Waals surface area contributed by atoms with E-state index < -0.39 is 0 Å². The molecule has 0 saturated heterocycles. The molecule has 0 fully saturated rings. The molecule has 0 N–H and O–H groups in total. The zero-order valence-corrected chi connectivity index (χ0v) is 15.8. The molecular weight excluding hydrogens is 284 g/mol. The molecule has 0 radical (unpaired) electrons. The minimum Gasteiger partial charge on any atom is -0.297 e. The Morgan fingerprint density at radius 3 is 2.09 bits per heavy atom. The first kappa shape index (κ1) is 20.8. The Bertz CT molecular complexity index is 687. The van der Waals surface area contributed by atoms with Crippen molar-refractivity contribution in [2.45, 2.75) is 55.4 Å². The van der Waals surface area contributed by atoms with Crippen LogP contribution >= 0.6 is 0 Å². The van der Waals surface area contributed by atoms with Crippen molar-refractivity contribution in [3.8, 4) is 11.5 Å². The molecule has 0 unspecified atom stereocenters. The SMILES string of the molecule is CC.CC.CC.Cc1ccnc(-c2c(C)nc3ccccn23)n1. The third kappa shape index (κ3) is 5.16. The zero-order chi connectivity index (χ0) is 17.8. The molecule has 3 heterocycles. The van der Waals surface area contributed by atoms with Gasteiger partial charge in [-0.05, 0) is 32.0 Å². The monoisotopic (exact) mass is 314 g/mol. The van der Waals surface area contributed by atoms with Crippen molar-refractivity contribution in [3.63, 3.8) is 0 Å². The van der Waals surface area contributed by atoms with Gasteiger partial charge in [-0.3, -0.25) is 4.40 Å². The van der Waals surface area contributed by atoms with Crippen LogP contribution in [0.3, 0.4) is 0 Å². The Balaban J connectivity index is 0.000000728. The molecule has 4 nitrogen and oxygen atoms in total. The van der Waals surface area contributed by atoms with Crippen LogP contribution in [0.5, 0.6) is 0 Å². The maximum absolute atomic E-state index is 4.50. The average Bonchev–Trinajstić information content (AvgIpc) is 2.96. The molecule has 23 heavy (non-hydrogen) atoms. The lowest BCUT2D eigenvalue weighted by molar-refractivity contribution is 1.06. The van der Waals surface area contributed by atoms with Crippen LogP contribution in [0.1, 0.15) is 52.9 Å². The van der Waals surface area contributed by atoms with Crippen LogP contribution in [0.2, 0.25) is 0 Å². The lowest BCUT2D eigenvalue weighted by atomic mass is 10.3. The number of nitrogens with zero attached hydrogens (tertiary/aromatic N) is 4. The van der Waals surface area contributed by atoms with E-state index in [2.05, 4.69) is 15.0 Å². The predicted octanol–water partition coefficient (Wildman–Crippen LogP) is 5.49. The highest BCUT2D eigenvalue weighted by molar-refractivity contribution is 5.60. The summed E-state index contributed by atoms with van der Waals surface area (Å²) in [5, 5.41) is 0. The van der Waals surface area contributed by atoms with Gasteiger partial charge in [-0.15, -0.1) is 0 Å². The predicted molar refractivity (Wildman–Crippen MR) is 99.7 cm³/mol. The number of hydrogen-bond acceptors (Lipinski definition) is 3. The fourth-order valence-electron chi connectivity index (χ4n) is 1.95. The van der Waals surface area contributed by atoms with Crippen molar-refractivity contribution in [2.75, 3.05) is 0 Å². The molecule has 3 aromatic rings. The number of aryl methyl sites for hydroxylation is 2. The molecule has 0 aliphatic rings. The maximum Gasteiger partial charge on any atom is 0.178 e. The average molecular weight is 314 g/mol. The van der Waals surface area contributed by atoms with E-state index in [0.29, 0.717) is 0 Å². The van der Waals surface area contributed by atoms with Gasteiger partial charge in [0.2, 0.25) is 0 Å². The topological polar surface area (TPSA) is 43.1 Å². The zero-order valence-electron chi connectivity index (χ0n) is 15.8. The standard InChI is InChI=1S/C13H12N4.3C2H6/c1-9-6-7-14-13(15-9)12-10(2)16-11-5-3-4-8-17(11)12;3*1-2/h3-8H,1-2H3;3*1-2H3. The van der Waals surface area contributed by atoms with Gasteiger partial charge in [-0.1, -0.05) is 47.6 Å². The second kappa shape index (κ2) is 11.4. The van der Waals surface area contributed by atoms with Gasteiger partial charge in [0.25, 0.3) is 0 Å². The summed E-state index contributed by atoms with van der Waals surface area (Å²) in [6.07, 6.45) is 3.76. The van der Waals surface area contributed by atoms with E-state index in [-0.39, 0.29) is 0 Å². The number of hydrogen-bond donors (Lipinski definition) is 0. The fraction of sp³-hybridized carbons (Fsp3) is 0.421. The molecule has 0 spiro atoms. The quantitative estimate of drug-likeness (QED) is 0.596. The second-order valence-corrected chi connectivity index (χ2v) is 4.00. The molecule has 126 valence electrons. The highest BCUT2D eigenvalue weighted by Gasteiger charge is 2.12. The van der Waals surface area contributed by atoms with E-state index in [1.54, 1.807) is 6.20 Å². The van der Waals surface area contributed by atoms with E-state index in [1.165, 1.54) is 0 Å². The maximum atomic E-state index is 4.50. The third-order valence-electron chi connectivity index (χ3n) is 2.71. The van der Waals surface area contributed by atoms with Gasteiger partial charge >= 0.3 is 0 Å². The normalized spacial score (nSPS) is 8.87. The summed E-state index contributed by atoms with van der Waals surface area (Å²) in [6.45, 7) is 15.9. The summed E-state index contributed by atoms with van der Waals surface area (Å²) in [5.41, 5.74) is 3.79. The number of aromatic nitrogens is 4. The van der Waals surface area contributed by atoms with Crippen molar-refractivity contribution >= 4 is 5.65 Å². The van der Waals surface area contributed by atoms with E-state index in [9.17, 15) is 0 Å². The van der Waals surface area contributed by atoms with Crippen molar-refractivity contribution in [1.82, 2.24) is 19.4 Å². The first-order valence-corrected chi connectivity index (χ1v) is 8.49. The second-order valence-electron chi connectivity index (χ2n) is 4.00. The van der Waals surface area contributed by atoms with E-state index in [4.69, 9.17) is 0 Å². The van der Waals surface area contributed by atoms with Gasteiger partial charge in [-0.2, -0.15) is 0 Å². The van der Waals surface area contributed by atoms with Crippen molar-refractivity contribution in [2.24, 2.45) is 0 Å². The van der Waals surface area contributed by atoms with Crippen LogP contribution in [0.4, 0.5) is 0 Å². The summed E-state index contributed by atoms with van der Waals surface area (Å²) >= 11 is 0. The van der Waals surface area contributed by atoms with Crippen LogP contribution in [0, 0.1) is 13.8 Å². The molecule has 4 heteroatoms. The van der Waals surface area contributed by atoms with Crippen LogP contribution in [0.25, 0.3) is 17.2 Å². The molecule has 0 aromatic carbocycles. The molecule has 3 aromatic heterocycles. The van der Waals surface area contributed by atoms with Crippen LogP contribution in [-0.4, -0.2) is 19.4 Å². The summed E-state index contributed by atoms with van der Waals surface area (Å²) < 4.78 is 2.02. The Morgan fingerprint density at radius 1 is 0.826 bits per heavy atom. The van der Waals surface area contributed by atoms with Crippen molar-refractivity contribution in [1.29, 1.82) is 0 Å². The highest BCUT2D eigenvalue weighted by atomic mass is 15.1. The first-order chi connectivity index (χ1) is 11.3. The summed E-state index contributed by atoms with van der Waals surface area (Å²) in [4.78, 5) is 13.3. The largest absolute Gasteiger partial charge is 0.297 e. The van der Waals surface area contributed by atoms with E-state index >= 15 is 0 Å². The highest BCUT2D eigenvalue weighted by Crippen LogP contribution is 2.21. The van der Waals surface area contributed by atoms with E-state index in [0.717, 1.165) is 28.6 Å². The van der Waals surface area contributed by atoms with Gasteiger partial charge < -0.3 is 0 Å². The molecule has 0 aliphatic heterocycles. The van der Waals surface area contributed by atoms with Gasteiger partial charge in [0.05, 0.1) is 5.69 Å². The van der Waals surface area contributed by atoms with E-state index in [1.807, 2.05) is 90.3 Å². The third-order valence-corrected chi connectivity index (χ3v) is 2.71. The Morgan fingerprint density at radius 2 is 1.48 bits per heavy atom.